The fourth-order valence-electron chi connectivity index (χ4n) is 2.09. The van der Waals surface area contributed by atoms with Crippen molar-refractivity contribution in [1.29, 1.82) is 0 Å². The molecule has 0 aromatic heterocycles. The molecule has 0 spiro atoms. The van der Waals surface area contributed by atoms with Crippen molar-refractivity contribution in [2.75, 3.05) is 13.2 Å². The SMILES string of the molecule is CCCCO.CCCCO.[CH2-]C(C)(C)c1ccccc1.[CH2-]C(C)(C)c1ccccc1.[Zr+2]. The minimum atomic E-state index is 0. The molecule has 0 aliphatic rings. The zero-order valence-corrected chi connectivity index (χ0v) is 23.3. The van der Waals surface area contributed by atoms with E-state index in [2.05, 4.69) is 79.7 Å². The van der Waals surface area contributed by atoms with Crippen LogP contribution >= 0.6 is 0 Å². The average Bonchev–Trinajstić information content (AvgIpc) is 2.71. The summed E-state index contributed by atoms with van der Waals surface area (Å²) in [6, 6.07) is 20.6. The smallest absolute Gasteiger partial charge is 0.396 e. The van der Waals surface area contributed by atoms with Crippen LogP contribution in [-0.4, -0.2) is 23.4 Å². The summed E-state index contributed by atoms with van der Waals surface area (Å²) in [6.45, 7) is 21.3. The summed E-state index contributed by atoms with van der Waals surface area (Å²) in [7, 11) is 0. The van der Waals surface area contributed by atoms with E-state index in [0.29, 0.717) is 13.2 Å². The predicted octanol–water partition coefficient (Wildman–Crippen LogP) is 7.15. The van der Waals surface area contributed by atoms with Gasteiger partial charge in [0.2, 0.25) is 0 Å². The van der Waals surface area contributed by atoms with E-state index in [9.17, 15) is 0 Å². The van der Waals surface area contributed by atoms with Gasteiger partial charge in [-0.05, 0) is 12.8 Å². The average molecular weight is 506 g/mol. The molecule has 0 aliphatic heterocycles. The van der Waals surface area contributed by atoms with Crippen LogP contribution in [0.1, 0.15) is 78.4 Å². The third kappa shape index (κ3) is 22.2. The van der Waals surface area contributed by atoms with Gasteiger partial charge in [-0.15, -0.1) is 10.8 Å². The van der Waals surface area contributed by atoms with Crippen molar-refractivity contribution in [3.05, 3.63) is 85.6 Å². The van der Waals surface area contributed by atoms with E-state index < -0.39 is 0 Å². The summed E-state index contributed by atoms with van der Waals surface area (Å²) >= 11 is 0. The molecular formula is C28H46O2Zr. The van der Waals surface area contributed by atoms with E-state index in [4.69, 9.17) is 10.2 Å². The molecule has 0 unspecified atom stereocenters. The minimum Gasteiger partial charge on any atom is -0.396 e. The molecule has 0 amide bonds. The third-order valence-electron chi connectivity index (χ3n) is 4.13. The van der Waals surface area contributed by atoms with Gasteiger partial charge in [0.15, 0.2) is 0 Å². The first-order chi connectivity index (χ1) is 14.0. The number of unbranched alkanes of at least 4 members (excludes halogenated alkanes) is 2. The normalized spacial score (nSPS) is 10.1. The molecule has 0 fully saturated rings. The summed E-state index contributed by atoms with van der Waals surface area (Å²) in [6.07, 6.45) is 4.08. The molecule has 31 heavy (non-hydrogen) atoms. The minimum absolute atomic E-state index is 0. The number of aliphatic hydroxyl groups is 2. The Morgan fingerprint density at radius 3 is 0.968 bits per heavy atom. The topological polar surface area (TPSA) is 40.5 Å². The summed E-state index contributed by atoms with van der Waals surface area (Å²) in [5.41, 5.74) is 2.66. The fraction of sp³-hybridized carbons (Fsp3) is 0.500. The van der Waals surface area contributed by atoms with Gasteiger partial charge in [0.05, 0.1) is 0 Å². The van der Waals surface area contributed by atoms with Crippen LogP contribution in [0.15, 0.2) is 60.7 Å². The van der Waals surface area contributed by atoms with Crippen molar-refractivity contribution < 1.29 is 36.4 Å². The van der Waals surface area contributed by atoms with Crippen molar-refractivity contribution in [2.24, 2.45) is 0 Å². The fourth-order valence-corrected chi connectivity index (χ4v) is 2.09. The van der Waals surface area contributed by atoms with Gasteiger partial charge >= 0.3 is 26.2 Å². The van der Waals surface area contributed by atoms with Gasteiger partial charge < -0.3 is 24.1 Å². The van der Waals surface area contributed by atoms with Gasteiger partial charge in [0.25, 0.3) is 0 Å². The molecule has 0 bridgehead atoms. The third-order valence-corrected chi connectivity index (χ3v) is 4.13. The first-order valence-electron chi connectivity index (χ1n) is 11.1. The molecule has 0 radical (unpaired) electrons. The van der Waals surface area contributed by atoms with Gasteiger partial charge in [-0.25, -0.2) is 0 Å². The van der Waals surface area contributed by atoms with Crippen molar-refractivity contribution in [2.45, 2.75) is 78.1 Å². The molecule has 174 valence electrons. The summed E-state index contributed by atoms with van der Waals surface area (Å²) in [5, 5.41) is 16.1. The summed E-state index contributed by atoms with van der Waals surface area (Å²) in [5.74, 6) is 0. The molecule has 0 heterocycles. The number of hydrogen-bond acceptors (Lipinski definition) is 2. The van der Waals surface area contributed by atoms with E-state index in [1.807, 2.05) is 36.4 Å². The molecule has 0 aliphatic carbocycles. The number of aliphatic hydroxyl groups excluding tert-OH is 2. The van der Waals surface area contributed by atoms with Gasteiger partial charge in [0.1, 0.15) is 0 Å². The van der Waals surface area contributed by atoms with Crippen molar-refractivity contribution in [1.82, 2.24) is 0 Å². The molecule has 0 atom stereocenters. The Bertz CT molecular complexity index is 524. The van der Waals surface area contributed by atoms with Crippen LogP contribution in [0.5, 0.6) is 0 Å². The molecular weight excluding hydrogens is 460 g/mol. The molecule has 2 aromatic carbocycles. The summed E-state index contributed by atoms with van der Waals surface area (Å²) < 4.78 is 0. The molecule has 0 saturated heterocycles. The number of rotatable bonds is 6. The molecule has 2 nitrogen and oxygen atoms in total. The monoisotopic (exact) mass is 504 g/mol. The molecule has 3 heteroatoms. The standard InChI is InChI=1S/2C10H13.2C4H10O.Zr/c2*1-10(2,3)9-7-5-4-6-8-9;2*1-2-3-4-5;/h2*4-8H,1H2,2-3H3;2*5H,2-4H2,1H3;/q2*-1;;;+2. The Hall–Kier alpha value is -0.757. The Morgan fingerprint density at radius 1 is 0.613 bits per heavy atom. The van der Waals surface area contributed by atoms with Crippen LogP contribution in [0.25, 0.3) is 0 Å². The maximum Gasteiger partial charge on any atom is 2.00 e. The van der Waals surface area contributed by atoms with Crippen LogP contribution in [0.3, 0.4) is 0 Å². The largest absolute Gasteiger partial charge is 2.00 e. The quantitative estimate of drug-likeness (QED) is 0.409. The van der Waals surface area contributed by atoms with Crippen LogP contribution in [-0.2, 0) is 37.0 Å². The predicted molar refractivity (Wildman–Crippen MR) is 134 cm³/mol. The van der Waals surface area contributed by atoms with Crippen LogP contribution in [0.4, 0.5) is 0 Å². The number of hydrogen-bond donors (Lipinski definition) is 2. The first-order valence-corrected chi connectivity index (χ1v) is 11.1. The molecule has 2 aromatic rings. The maximum atomic E-state index is 8.07. The zero-order valence-electron chi connectivity index (χ0n) is 20.8. The zero-order chi connectivity index (χ0) is 23.5. The van der Waals surface area contributed by atoms with Gasteiger partial charge in [-0.3, -0.25) is 0 Å². The Balaban J connectivity index is -0.000000353. The van der Waals surface area contributed by atoms with E-state index in [1.54, 1.807) is 0 Å². The Morgan fingerprint density at radius 2 is 0.871 bits per heavy atom. The Kier molecular flexibility index (Phi) is 23.7. The van der Waals surface area contributed by atoms with Crippen molar-refractivity contribution in [3.8, 4) is 0 Å². The van der Waals surface area contributed by atoms with E-state index in [-0.39, 0.29) is 37.0 Å². The number of benzene rings is 2. The van der Waals surface area contributed by atoms with E-state index >= 15 is 0 Å². The van der Waals surface area contributed by atoms with Crippen molar-refractivity contribution >= 4 is 0 Å². The molecule has 2 N–H and O–H groups in total. The van der Waals surface area contributed by atoms with Gasteiger partial charge in [0, 0.05) is 13.2 Å². The van der Waals surface area contributed by atoms with Crippen molar-refractivity contribution in [3.63, 3.8) is 0 Å². The molecule has 0 saturated carbocycles. The molecule has 2 rings (SSSR count). The van der Waals surface area contributed by atoms with E-state index in [0.717, 1.165) is 25.7 Å². The van der Waals surface area contributed by atoms with Gasteiger partial charge in [-0.1, -0.05) is 126 Å². The van der Waals surface area contributed by atoms with Crippen LogP contribution in [0, 0.1) is 13.8 Å². The van der Waals surface area contributed by atoms with Crippen LogP contribution < -0.4 is 0 Å². The van der Waals surface area contributed by atoms with Gasteiger partial charge in [-0.2, -0.15) is 0 Å². The van der Waals surface area contributed by atoms with E-state index in [1.165, 1.54) is 11.1 Å². The second kappa shape index (κ2) is 21.1. The second-order valence-corrected chi connectivity index (χ2v) is 8.65. The second-order valence-electron chi connectivity index (χ2n) is 8.65. The van der Waals surface area contributed by atoms with Crippen LogP contribution in [0.2, 0.25) is 0 Å². The first kappa shape index (κ1) is 34.8. The Labute approximate surface area is 212 Å². The summed E-state index contributed by atoms with van der Waals surface area (Å²) in [4.78, 5) is 0. The maximum absolute atomic E-state index is 8.07.